The molecule has 2 unspecified atom stereocenters. The molecule has 1 aromatic carbocycles. The summed E-state index contributed by atoms with van der Waals surface area (Å²) in [7, 11) is 1.98. The van der Waals surface area contributed by atoms with Crippen LogP contribution in [0.4, 0.5) is 8.78 Å². The first-order valence-electron chi connectivity index (χ1n) is 6.87. The Morgan fingerprint density at radius 3 is 2.79 bits per heavy atom. The van der Waals surface area contributed by atoms with Crippen molar-refractivity contribution in [3.63, 3.8) is 0 Å². The van der Waals surface area contributed by atoms with E-state index in [1.807, 2.05) is 7.05 Å². The maximum atomic E-state index is 14.0. The van der Waals surface area contributed by atoms with Gasteiger partial charge in [-0.2, -0.15) is 0 Å². The van der Waals surface area contributed by atoms with Crippen LogP contribution in [0.25, 0.3) is 0 Å². The predicted molar refractivity (Wildman–Crippen MR) is 73.0 cm³/mol. The minimum Gasteiger partial charge on any atom is -0.314 e. The van der Waals surface area contributed by atoms with E-state index in [0.717, 1.165) is 19.5 Å². The van der Waals surface area contributed by atoms with Gasteiger partial charge in [0.1, 0.15) is 11.6 Å². The Kier molecular flexibility index (Phi) is 4.53. The number of halogens is 2. The Labute approximate surface area is 113 Å². The van der Waals surface area contributed by atoms with Gasteiger partial charge in [-0.1, -0.05) is 13.8 Å². The van der Waals surface area contributed by atoms with E-state index in [1.165, 1.54) is 18.2 Å². The molecule has 1 aliphatic rings. The summed E-state index contributed by atoms with van der Waals surface area (Å²) in [6.07, 6.45) is 1.01. The Bertz CT molecular complexity index is 434. The molecular weight excluding hydrogens is 246 g/mol. The number of hydrogen-bond donors (Lipinski definition) is 1. The van der Waals surface area contributed by atoms with Crippen molar-refractivity contribution in [2.24, 2.45) is 5.92 Å². The molecule has 1 saturated heterocycles. The smallest absolute Gasteiger partial charge is 0.128 e. The van der Waals surface area contributed by atoms with Gasteiger partial charge < -0.3 is 5.32 Å². The van der Waals surface area contributed by atoms with Crippen LogP contribution in [0.15, 0.2) is 18.2 Å². The number of likely N-dealkylation sites (tertiary alicyclic amines) is 1. The summed E-state index contributed by atoms with van der Waals surface area (Å²) in [4.78, 5) is 2.12. The molecule has 0 bridgehead atoms. The van der Waals surface area contributed by atoms with Gasteiger partial charge in [0, 0.05) is 24.2 Å². The lowest BCUT2D eigenvalue weighted by Gasteiger charge is -2.26. The molecule has 19 heavy (non-hydrogen) atoms. The summed E-state index contributed by atoms with van der Waals surface area (Å²) in [6, 6.07) is 4.11. The van der Waals surface area contributed by atoms with Crippen molar-refractivity contribution < 1.29 is 8.78 Å². The van der Waals surface area contributed by atoms with Crippen molar-refractivity contribution in [3.05, 3.63) is 35.4 Å². The van der Waals surface area contributed by atoms with E-state index in [0.29, 0.717) is 17.5 Å². The first-order valence-corrected chi connectivity index (χ1v) is 6.87. The zero-order valence-corrected chi connectivity index (χ0v) is 11.8. The van der Waals surface area contributed by atoms with Crippen LogP contribution in [0.5, 0.6) is 0 Å². The summed E-state index contributed by atoms with van der Waals surface area (Å²) in [5.74, 6) is -0.356. The second-order valence-corrected chi connectivity index (χ2v) is 5.70. The van der Waals surface area contributed by atoms with E-state index >= 15 is 0 Å². The van der Waals surface area contributed by atoms with Gasteiger partial charge in [-0.15, -0.1) is 0 Å². The molecule has 1 aliphatic heterocycles. The SMILES string of the molecule is CC(C)NCC1CCN(C)C1c1cc(F)ccc1F. The Morgan fingerprint density at radius 2 is 2.11 bits per heavy atom. The van der Waals surface area contributed by atoms with E-state index in [1.54, 1.807) is 0 Å². The Hall–Kier alpha value is -1.00. The molecular formula is C15H22F2N2. The fraction of sp³-hybridized carbons (Fsp3) is 0.600. The maximum Gasteiger partial charge on any atom is 0.128 e. The molecule has 0 aromatic heterocycles. The summed E-state index contributed by atoms with van der Waals surface area (Å²) in [5, 5.41) is 3.40. The van der Waals surface area contributed by atoms with Crippen molar-refractivity contribution in [1.82, 2.24) is 10.2 Å². The van der Waals surface area contributed by atoms with Gasteiger partial charge in [0.15, 0.2) is 0 Å². The van der Waals surface area contributed by atoms with Gasteiger partial charge in [0.25, 0.3) is 0 Å². The lowest BCUT2D eigenvalue weighted by Crippen LogP contribution is -2.32. The third-order valence-electron chi connectivity index (χ3n) is 3.84. The summed E-state index contributed by atoms with van der Waals surface area (Å²) in [6.45, 7) is 5.95. The van der Waals surface area contributed by atoms with E-state index in [2.05, 4.69) is 24.1 Å². The first kappa shape index (κ1) is 14.4. The first-order chi connectivity index (χ1) is 8.99. The van der Waals surface area contributed by atoms with E-state index in [4.69, 9.17) is 0 Å². The second kappa shape index (κ2) is 5.97. The van der Waals surface area contributed by atoms with Gasteiger partial charge >= 0.3 is 0 Å². The molecule has 106 valence electrons. The number of benzene rings is 1. The molecule has 4 heteroatoms. The molecule has 0 aliphatic carbocycles. The summed E-state index contributed by atoms with van der Waals surface area (Å²) >= 11 is 0. The van der Waals surface area contributed by atoms with Gasteiger partial charge in [-0.05, 0) is 44.1 Å². The normalized spacial score (nSPS) is 24.3. The fourth-order valence-electron chi connectivity index (χ4n) is 2.86. The zero-order chi connectivity index (χ0) is 14.0. The molecule has 1 aromatic rings. The van der Waals surface area contributed by atoms with E-state index < -0.39 is 0 Å². The highest BCUT2D eigenvalue weighted by Crippen LogP contribution is 2.37. The molecule has 1 N–H and O–H groups in total. The maximum absolute atomic E-state index is 14.0. The van der Waals surface area contributed by atoms with Crippen molar-refractivity contribution in [3.8, 4) is 0 Å². The molecule has 2 rings (SSSR count). The highest BCUT2D eigenvalue weighted by Gasteiger charge is 2.34. The third-order valence-corrected chi connectivity index (χ3v) is 3.84. The highest BCUT2D eigenvalue weighted by atomic mass is 19.1. The zero-order valence-electron chi connectivity index (χ0n) is 11.8. The lowest BCUT2D eigenvalue weighted by atomic mass is 9.93. The lowest BCUT2D eigenvalue weighted by molar-refractivity contribution is 0.262. The summed E-state index contributed by atoms with van der Waals surface area (Å²) in [5.41, 5.74) is 0.482. The van der Waals surface area contributed by atoms with Crippen LogP contribution in [0, 0.1) is 17.6 Å². The van der Waals surface area contributed by atoms with Crippen molar-refractivity contribution in [1.29, 1.82) is 0 Å². The van der Waals surface area contributed by atoms with Crippen molar-refractivity contribution >= 4 is 0 Å². The highest BCUT2D eigenvalue weighted by molar-refractivity contribution is 5.24. The summed E-state index contributed by atoms with van der Waals surface area (Å²) < 4.78 is 27.3. The molecule has 2 nitrogen and oxygen atoms in total. The molecule has 0 saturated carbocycles. The predicted octanol–water partition coefficient (Wildman–Crippen LogP) is 2.96. The Morgan fingerprint density at radius 1 is 1.37 bits per heavy atom. The number of hydrogen-bond acceptors (Lipinski definition) is 2. The minimum atomic E-state index is -0.368. The van der Waals surface area contributed by atoms with E-state index in [-0.39, 0.29) is 17.7 Å². The molecule has 0 radical (unpaired) electrons. The number of nitrogens with zero attached hydrogens (tertiary/aromatic N) is 1. The van der Waals surface area contributed by atoms with Crippen LogP contribution in [0.2, 0.25) is 0 Å². The standard InChI is InChI=1S/C15H22F2N2/c1-10(2)18-9-11-6-7-19(3)15(11)13-8-12(16)4-5-14(13)17/h4-5,8,10-11,15,18H,6-7,9H2,1-3H3. The minimum absolute atomic E-state index is 0.0399. The van der Waals surface area contributed by atoms with Crippen LogP contribution in [0.1, 0.15) is 31.9 Å². The quantitative estimate of drug-likeness (QED) is 0.903. The Balaban J connectivity index is 2.21. The van der Waals surface area contributed by atoms with Crippen molar-refractivity contribution in [2.45, 2.75) is 32.4 Å². The molecule has 1 heterocycles. The number of nitrogens with one attached hydrogen (secondary N) is 1. The van der Waals surface area contributed by atoms with E-state index in [9.17, 15) is 8.78 Å². The molecule has 2 atom stereocenters. The number of rotatable bonds is 4. The fourth-order valence-corrected chi connectivity index (χ4v) is 2.86. The third kappa shape index (κ3) is 3.31. The monoisotopic (exact) mass is 268 g/mol. The van der Waals surface area contributed by atoms with Gasteiger partial charge in [-0.25, -0.2) is 8.78 Å². The largest absolute Gasteiger partial charge is 0.314 e. The van der Waals surface area contributed by atoms with Crippen molar-refractivity contribution in [2.75, 3.05) is 20.1 Å². The molecule has 1 fully saturated rings. The van der Waals surface area contributed by atoms with Crippen LogP contribution in [-0.2, 0) is 0 Å². The van der Waals surface area contributed by atoms with Gasteiger partial charge in [0.2, 0.25) is 0 Å². The molecule has 0 spiro atoms. The van der Waals surface area contributed by atoms with Gasteiger partial charge in [-0.3, -0.25) is 4.90 Å². The van der Waals surface area contributed by atoms with Crippen LogP contribution >= 0.6 is 0 Å². The van der Waals surface area contributed by atoms with Crippen LogP contribution < -0.4 is 5.32 Å². The average Bonchev–Trinajstić information content (AvgIpc) is 2.71. The van der Waals surface area contributed by atoms with Gasteiger partial charge in [0.05, 0.1) is 0 Å². The van der Waals surface area contributed by atoms with Crippen LogP contribution in [-0.4, -0.2) is 31.1 Å². The van der Waals surface area contributed by atoms with Crippen LogP contribution in [0.3, 0.4) is 0 Å². The molecule has 0 amide bonds. The second-order valence-electron chi connectivity index (χ2n) is 5.70. The average molecular weight is 268 g/mol. The topological polar surface area (TPSA) is 15.3 Å².